The zero-order chi connectivity index (χ0) is 11.5. The molecule has 1 heteroatoms. The van der Waals surface area contributed by atoms with Gasteiger partial charge in [0.25, 0.3) is 0 Å². The molecule has 0 saturated carbocycles. The Balaban J connectivity index is 2.85. The normalized spacial score (nSPS) is 9.81. The second kappa shape index (κ2) is 4.18. The van der Waals surface area contributed by atoms with Gasteiger partial charge < -0.3 is 5.41 Å². The van der Waals surface area contributed by atoms with Crippen LogP contribution >= 0.6 is 0 Å². The first kappa shape index (κ1) is 10.4. The lowest BCUT2D eigenvalue weighted by atomic mass is 10.1. The molecule has 0 bridgehead atoms. The van der Waals surface area contributed by atoms with Crippen LogP contribution in [0.5, 0.6) is 0 Å². The Morgan fingerprint density at radius 1 is 1.00 bits per heavy atom. The summed E-state index contributed by atoms with van der Waals surface area (Å²) < 4.78 is 0. The largest absolute Gasteiger partial charge is 0.763 e. The fourth-order valence-electron chi connectivity index (χ4n) is 1.61. The topological polar surface area (TPSA) is 22.3 Å². The molecule has 0 radical (unpaired) electrons. The zero-order valence-corrected chi connectivity index (χ0v) is 9.20. The summed E-state index contributed by atoms with van der Waals surface area (Å²) in [4.78, 5) is 0. The maximum Gasteiger partial charge on any atom is -0.00713 e. The van der Waals surface area contributed by atoms with E-state index in [1.54, 1.807) is 0 Å². The summed E-state index contributed by atoms with van der Waals surface area (Å²) in [6, 6.07) is 13.8. The maximum absolute atomic E-state index is 8.72. The van der Waals surface area contributed by atoms with E-state index < -0.39 is 0 Å². The summed E-state index contributed by atoms with van der Waals surface area (Å²) >= 11 is 0. The molecule has 0 heterocycles. The minimum Gasteiger partial charge on any atom is -0.763 e. The van der Waals surface area contributed by atoms with Crippen LogP contribution in [0.15, 0.2) is 42.5 Å². The molecule has 0 fully saturated rings. The first-order chi connectivity index (χ1) is 7.70. The van der Waals surface area contributed by atoms with Crippen LogP contribution in [0, 0.1) is 17.4 Å². The Hall–Kier alpha value is -2.11. The van der Waals surface area contributed by atoms with Gasteiger partial charge in [0.15, 0.2) is 0 Å². The second-order valence-electron chi connectivity index (χ2n) is 3.83. The monoisotopic (exact) mass is 206 g/mol. The van der Waals surface area contributed by atoms with Crippen LogP contribution in [0.2, 0.25) is 0 Å². The molecule has 16 heavy (non-hydrogen) atoms. The van der Waals surface area contributed by atoms with Crippen LogP contribution in [-0.4, -0.2) is 5.87 Å². The van der Waals surface area contributed by atoms with Gasteiger partial charge in [-0.05, 0) is 45.5 Å². The third-order valence-corrected chi connectivity index (χ3v) is 2.69. The Morgan fingerprint density at radius 3 is 2.19 bits per heavy atom. The number of nitrogens with zero attached hydrogens (tertiary/aromatic N) is 1. The Labute approximate surface area is 94.2 Å². The predicted molar refractivity (Wildman–Crippen MR) is 67.5 cm³/mol. The van der Waals surface area contributed by atoms with Crippen molar-refractivity contribution in [3.63, 3.8) is 0 Å². The first-order valence-electron chi connectivity index (χ1n) is 5.14. The number of benzene rings is 2. The highest BCUT2D eigenvalue weighted by Crippen LogP contribution is 1.95. The van der Waals surface area contributed by atoms with Gasteiger partial charge in [-0.3, -0.25) is 5.87 Å². The van der Waals surface area contributed by atoms with E-state index in [2.05, 4.69) is 31.5 Å². The van der Waals surface area contributed by atoms with E-state index in [0.717, 1.165) is 15.7 Å². The van der Waals surface area contributed by atoms with Gasteiger partial charge in [-0.25, -0.2) is 0 Å². The molecular formula is C15H12N-. The van der Waals surface area contributed by atoms with E-state index in [1.807, 2.05) is 30.3 Å². The molecule has 0 atom stereocenters. The van der Waals surface area contributed by atoms with Crippen molar-refractivity contribution >= 4 is 12.4 Å². The van der Waals surface area contributed by atoms with Crippen LogP contribution in [-0.2, 0) is 0 Å². The van der Waals surface area contributed by atoms with Crippen molar-refractivity contribution in [2.45, 2.75) is 6.92 Å². The molecular weight excluding hydrogens is 194 g/mol. The molecule has 78 valence electrons. The first-order valence-corrected chi connectivity index (χ1v) is 5.14. The molecule has 0 aliphatic carbocycles. The lowest BCUT2D eigenvalue weighted by Gasteiger charge is -1.94. The van der Waals surface area contributed by atoms with Crippen LogP contribution in [0.25, 0.3) is 12.0 Å². The van der Waals surface area contributed by atoms with E-state index >= 15 is 0 Å². The molecule has 0 unspecified atom stereocenters. The van der Waals surface area contributed by atoms with Crippen molar-refractivity contribution in [1.29, 1.82) is 0 Å². The fraction of sp³-hybridized carbons (Fsp3) is 0.0667. The second-order valence-corrected chi connectivity index (χ2v) is 3.83. The highest BCUT2D eigenvalue weighted by Gasteiger charge is 1.87. The summed E-state index contributed by atoms with van der Waals surface area (Å²) in [5, 5.41) is 12.8. The molecule has 0 amide bonds. The van der Waals surface area contributed by atoms with Crippen molar-refractivity contribution in [2.24, 2.45) is 0 Å². The van der Waals surface area contributed by atoms with Gasteiger partial charge in [-0.15, -0.1) is 0 Å². The molecule has 0 aliphatic rings. The van der Waals surface area contributed by atoms with E-state index in [9.17, 15) is 0 Å². The number of hydrogen-bond acceptors (Lipinski definition) is 0. The Kier molecular flexibility index (Phi) is 2.72. The summed E-state index contributed by atoms with van der Waals surface area (Å²) in [5.41, 5.74) is 1.18. The summed E-state index contributed by atoms with van der Waals surface area (Å²) in [6.45, 7) is 5.99. The smallest absolute Gasteiger partial charge is 0.00713 e. The minimum atomic E-state index is 0.689. The molecule has 2 aromatic rings. The van der Waals surface area contributed by atoms with Crippen molar-refractivity contribution in [3.05, 3.63) is 74.3 Å². The third-order valence-electron chi connectivity index (χ3n) is 2.69. The fourth-order valence-corrected chi connectivity index (χ4v) is 1.61. The third kappa shape index (κ3) is 1.95. The average Bonchev–Trinajstić information content (AvgIpc) is 2.33. The summed E-state index contributed by atoms with van der Waals surface area (Å²) in [6.07, 6.45) is 0. The van der Waals surface area contributed by atoms with Crippen molar-refractivity contribution in [3.8, 4) is 0 Å². The van der Waals surface area contributed by atoms with Crippen LogP contribution in [0.4, 0.5) is 0 Å². The van der Waals surface area contributed by atoms with Crippen molar-refractivity contribution in [1.82, 2.24) is 0 Å². The quantitative estimate of drug-likeness (QED) is 0.584. The molecule has 0 aliphatic heterocycles. The predicted octanol–water partition coefficient (Wildman–Crippen LogP) is 1.60. The summed E-state index contributed by atoms with van der Waals surface area (Å²) in [5.74, 6) is 2.12. The van der Waals surface area contributed by atoms with Gasteiger partial charge in [-0.1, -0.05) is 36.9 Å². The number of aryl methyl sites for hydroxylation is 1. The van der Waals surface area contributed by atoms with Crippen LogP contribution < -0.4 is 10.4 Å². The van der Waals surface area contributed by atoms with Gasteiger partial charge in [0, 0.05) is 0 Å². The average molecular weight is 206 g/mol. The minimum absolute atomic E-state index is 0.689. The van der Waals surface area contributed by atoms with Gasteiger partial charge in [0.1, 0.15) is 0 Å². The number of rotatable bonds is 0. The van der Waals surface area contributed by atoms with E-state index in [1.165, 1.54) is 5.56 Å². The standard InChI is InChI=1S/C15H12N/c1-11-3-6-15(9-12(11)2)14-7-4-13(10-16)5-8-14/h3-9H,1H2,2H3/q-1. The highest BCUT2D eigenvalue weighted by atomic mass is 14.3. The van der Waals surface area contributed by atoms with E-state index in [0.29, 0.717) is 5.22 Å². The van der Waals surface area contributed by atoms with E-state index in [-0.39, 0.29) is 0 Å². The lowest BCUT2D eigenvalue weighted by molar-refractivity contribution is 1.36. The SMILES string of the molecule is C=c1ccc(=c2ccc(=C=[N-])cc2)cc1C. The molecule has 2 aromatic carbocycles. The van der Waals surface area contributed by atoms with E-state index in [4.69, 9.17) is 5.41 Å². The number of hydrogen-bond donors (Lipinski definition) is 0. The lowest BCUT2D eigenvalue weighted by Crippen LogP contribution is -2.01. The molecule has 0 saturated heterocycles. The van der Waals surface area contributed by atoms with Gasteiger partial charge >= 0.3 is 0 Å². The molecule has 2 rings (SSSR count). The molecule has 1 nitrogen and oxygen atoms in total. The zero-order valence-electron chi connectivity index (χ0n) is 9.20. The van der Waals surface area contributed by atoms with Gasteiger partial charge in [-0.2, -0.15) is 0 Å². The molecule has 0 aromatic heterocycles. The van der Waals surface area contributed by atoms with Gasteiger partial charge in [0.2, 0.25) is 0 Å². The van der Waals surface area contributed by atoms with Crippen LogP contribution in [0.1, 0.15) is 5.56 Å². The Morgan fingerprint density at radius 2 is 1.62 bits per heavy atom. The maximum atomic E-state index is 8.72. The van der Waals surface area contributed by atoms with Crippen molar-refractivity contribution in [2.75, 3.05) is 0 Å². The van der Waals surface area contributed by atoms with Gasteiger partial charge in [0.05, 0.1) is 0 Å². The molecule has 0 N–H and O–H groups in total. The van der Waals surface area contributed by atoms with Crippen molar-refractivity contribution < 1.29 is 0 Å². The highest BCUT2D eigenvalue weighted by molar-refractivity contribution is 5.54. The molecule has 0 spiro atoms. The summed E-state index contributed by atoms with van der Waals surface area (Å²) in [7, 11) is 0. The Bertz CT molecular complexity index is 714. The van der Waals surface area contributed by atoms with Crippen LogP contribution in [0.3, 0.4) is 0 Å².